The summed E-state index contributed by atoms with van der Waals surface area (Å²) in [6, 6.07) is 10.5. The Hall–Kier alpha value is -3.26. The first-order valence-electron chi connectivity index (χ1n) is 8.52. The van der Waals surface area contributed by atoms with Gasteiger partial charge in [0.1, 0.15) is 12.1 Å². The summed E-state index contributed by atoms with van der Waals surface area (Å²) in [7, 11) is 0. The Labute approximate surface area is 165 Å². The number of nitrogens with zero attached hydrogens (tertiary/aromatic N) is 2. The van der Waals surface area contributed by atoms with Crippen molar-refractivity contribution in [2.75, 3.05) is 6.54 Å². The lowest BCUT2D eigenvalue weighted by atomic mass is 10.0. The van der Waals surface area contributed by atoms with Gasteiger partial charge in [0.25, 0.3) is 17.5 Å². The summed E-state index contributed by atoms with van der Waals surface area (Å²) in [5.41, 5.74) is 0.0244. The molecule has 9 heteroatoms. The number of halogens is 1. The van der Waals surface area contributed by atoms with Crippen LogP contribution >= 0.6 is 11.6 Å². The molecule has 0 radical (unpaired) electrons. The minimum atomic E-state index is -0.845. The van der Waals surface area contributed by atoms with E-state index in [1.165, 1.54) is 12.1 Å². The van der Waals surface area contributed by atoms with Gasteiger partial charge in [0.05, 0.1) is 16.5 Å². The Kier molecular flexibility index (Phi) is 5.41. The zero-order valence-electron chi connectivity index (χ0n) is 14.8. The maximum absolute atomic E-state index is 12.5. The minimum absolute atomic E-state index is 0.0725. The normalized spacial score (nSPS) is 14.0. The first kappa shape index (κ1) is 19.5. The largest absolute Gasteiger partial charge is 0.348 e. The van der Waals surface area contributed by atoms with Gasteiger partial charge in [-0.1, -0.05) is 36.7 Å². The number of carbonyl (C=O) groups is 3. The van der Waals surface area contributed by atoms with Crippen molar-refractivity contribution in [3.8, 4) is 0 Å². The fourth-order valence-corrected chi connectivity index (χ4v) is 3.24. The van der Waals surface area contributed by atoms with E-state index in [1.54, 1.807) is 24.3 Å². The van der Waals surface area contributed by atoms with E-state index in [-0.39, 0.29) is 17.2 Å². The molecule has 2 aromatic rings. The summed E-state index contributed by atoms with van der Waals surface area (Å²) in [4.78, 5) is 48.6. The van der Waals surface area contributed by atoms with Crippen molar-refractivity contribution in [1.82, 2.24) is 10.2 Å². The van der Waals surface area contributed by atoms with Gasteiger partial charge < -0.3 is 5.32 Å². The Balaban J connectivity index is 1.76. The first-order valence-corrected chi connectivity index (χ1v) is 8.89. The Morgan fingerprint density at radius 1 is 1.18 bits per heavy atom. The molecule has 1 aliphatic heterocycles. The molecule has 28 heavy (non-hydrogen) atoms. The summed E-state index contributed by atoms with van der Waals surface area (Å²) in [6.07, 6.45) is 0.584. The predicted octanol–water partition coefficient (Wildman–Crippen LogP) is 3.11. The number of hydrogen-bond donors (Lipinski definition) is 1. The Bertz CT molecular complexity index is 974. The quantitative estimate of drug-likeness (QED) is 0.454. The van der Waals surface area contributed by atoms with E-state index in [4.69, 9.17) is 11.6 Å². The van der Waals surface area contributed by atoms with E-state index < -0.39 is 34.9 Å². The second-order valence-corrected chi connectivity index (χ2v) is 6.67. The summed E-state index contributed by atoms with van der Waals surface area (Å²) >= 11 is 5.87. The highest BCUT2D eigenvalue weighted by Crippen LogP contribution is 2.30. The Morgan fingerprint density at radius 2 is 1.86 bits per heavy atom. The van der Waals surface area contributed by atoms with Crippen LogP contribution in [0, 0.1) is 10.1 Å². The monoisotopic (exact) mass is 401 g/mol. The van der Waals surface area contributed by atoms with Gasteiger partial charge >= 0.3 is 0 Å². The van der Waals surface area contributed by atoms with E-state index in [0.717, 1.165) is 16.5 Å². The number of fused-ring (bicyclic) bond motifs is 1. The molecule has 1 atom stereocenters. The highest BCUT2D eigenvalue weighted by Gasteiger charge is 2.41. The van der Waals surface area contributed by atoms with Gasteiger partial charge in [0.2, 0.25) is 5.91 Å². The van der Waals surface area contributed by atoms with E-state index in [1.807, 2.05) is 6.92 Å². The van der Waals surface area contributed by atoms with E-state index in [2.05, 4.69) is 5.32 Å². The van der Waals surface area contributed by atoms with Gasteiger partial charge in [-0.3, -0.25) is 29.4 Å². The zero-order chi connectivity index (χ0) is 20.4. The van der Waals surface area contributed by atoms with Crippen molar-refractivity contribution in [2.24, 2.45) is 0 Å². The lowest BCUT2D eigenvalue weighted by molar-refractivity contribution is -0.385. The molecule has 0 saturated carbocycles. The third-order valence-corrected chi connectivity index (χ3v) is 4.74. The summed E-state index contributed by atoms with van der Waals surface area (Å²) < 4.78 is 0. The average Bonchev–Trinajstić information content (AvgIpc) is 2.91. The maximum Gasteiger partial charge on any atom is 0.282 e. The summed E-state index contributed by atoms with van der Waals surface area (Å²) in [5.74, 6) is -2.11. The van der Waals surface area contributed by atoms with Crippen LogP contribution in [0.2, 0.25) is 5.02 Å². The number of nitrogens with one attached hydrogen (secondary N) is 1. The molecular weight excluding hydrogens is 386 g/mol. The molecule has 1 aliphatic rings. The van der Waals surface area contributed by atoms with Gasteiger partial charge in [-0.05, 0) is 30.2 Å². The number of rotatable bonds is 6. The lowest BCUT2D eigenvalue weighted by Gasteiger charge is -2.20. The van der Waals surface area contributed by atoms with E-state index in [0.29, 0.717) is 11.4 Å². The number of nitro benzene ring substituents is 1. The molecule has 8 nitrogen and oxygen atoms in total. The second kappa shape index (κ2) is 7.77. The molecule has 1 heterocycles. The van der Waals surface area contributed by atoms with Crippen molar-refractivity contribution >= 4 is 35.0 Å². The zero-order valence-corrected chi connectivity index (χ0v) is 15.6. The van der Waals surface area contributed by atoms with Crippen molar-refractivity contribution in [1.29, 1.82) is 0 Å². The molecule has 0 aliphatic carbocycles. The van der Waals surface area contributed by atoms with Crippen LogP contribution in [-0.2, 0) is 4.79 Å². The highest BCUT2D eigenvalue weighted by atomic mass is 35.5. The molecule has 0 saturated heterocycles. The highest BCUT2D eigenvalue weighted by molar-refractivity contribution is 6.30. The van der Waals surface area contributed by atoms with Gasteiger partial charge in [-0.25, -0.2) is 0 Å². The van der Waals surface area contributed by atoms with E-state index >= 15 is 0 Å². The van der Waals surface area contributed by atoms with Gasteiger partial charge in [0, 0.05) is 11.1 Å². The Morgan fingerprint density at radius 3 is 2.46 bits per heavy atom. The van der Waals surface area contributed by atoms with Gasteiger partial charge in [0.15, 0.2) is 0 Å². The molecule has 144 valence electrons. The second-order valence-electron chi connectivity index (χ2n) is 6.23. The van der Waals surface area contributed by atoms with Crippen LogP contribution < -0.4 is 5.32 Å². The molecule has 0 spiro atoms. The van der Waals surface area contributed by atoms with Crippen LogP contribution in [0.4, 0.5) is 5.69 Å². The number of benzene rings is 2. The summed E-state index contributed by atoms with van der Waals surface area (Å²) in [5, 5.41) is 14.5. The van der Waals surface area contributed by atoms with Crippen molar-refractivity contribution in [3.05, 3.63) is 74.3 Å². The van der Waals surface area contributed by atoms with Crippen LogP contribution in [-0.4, -0.2) is 34.1 Å². The number of hydrogen-bond acceptors (Lipinski definition) is 5. The molecule has 1 N–H and O–H groups in total. The molecule has 0 bridgehead atoms. The number of imide groups is 1. The molecule has 0 aromatic heterocycles. The van der Waals surface area contributed by atoms with Crippen molar-refractivity contribution < 1.29 is 19.3 Å². The van der Waals surface area contributed by atoms with Crippen molar-refractivity contribution in [2.45, 2.75) is 19.4 Å². The lowest BCUT2D eigenvalue weighted by Crippen LogP contribution is -2.41. The third-order valence-electron chi connectivity index (χ3n) is 4.49. The maximum atomic E-state index is 12.5. The van der Waals surface area contributed by atoms with Crippen LogP contribution in [0.5, 0.6) is 0 Å². The third kappa shape index (κ3) is 3.59. The summed E-state index contributed by atoms with van der Waals surface area (Å²) in [6.45, 7) is 1.36. The number of nitro groups is 1. The molecule has 1 unspecified atom stereocenters. The number of carbonyl (C=O) groups excluding carboxylic acids is 3. The number of amides is 3. The van der Waals surface area contributed by atoms with Crippen LogP contribution in [0.15, 0.2) is 42.5 Å². The van der Waals surface area contributed by atoms with Gasteiger partial charge in [-0.15, -0.1) is 0 Å². The molecule has 0 fully saturated rings. The average molecular weight is 402 g/mol. The van der Waals surface area contributed by atoms with Crippen LogP contribution in [0.3, 0.4) is 0 Å². The molecule has 3 amide bonds. The van der Waals surface area contributed by atoms with Crippen molar-refractivity contribution in [3.63, 3.8) is 0 Å². The fourth-order valence-electron chi connectivity index (χ4n) is 3.11. The SMILES string of the molecule is CCC(NC(=O)CN1C(=O)c2cccc([N+](=O)[O-])c2C1=O)c1ccc(Cl)cc1. The molecule has 2 aromatic carbocycles. The standard InChI is InChI=1S/C19H16ClN3O5/c1-2-14(11-6-8-12(20)9-7-11)21-16(24)10-22-18(25)13-4-3-5-15(23(27)28)17(13)19(22)26/h3-9,14H,2,10H2,1H3,(H,21,24). The first-order chi connectivity index (χ1) is 13.3. The van der Waals surface area contributed by atoms with Crippen LogP contribution in [0.1, 0.15) is 45.7 Å². The van der Waals surface area contributed by atoms with Crippen LogP contribution in [0.25, 0.3) is 0 Å². The fraction of sp³-hybridized carbons (Fsp3) is 0.211. The minimum Gasteiger partial charge on any atom is -0.348 e. The predicted molar refractivity (Wildman–Crippen MR) is 101 cm³/mol. The molecule has 3 rings (SSSR count). The van der Waals surface area contributed by atoms with Gasteiger partial charge in [-0.2, -0.15) is 0 Å². The smallest absolute Gasteiger partial charge is 0.282 e. The van der Waals surface area contributed by atoms with E-state index in [9.17, 15) is 24.5 Å². The molecular formula is C19H16ClN3O5. The topological polar surface area (TPSA) is 110 Å².